The maximum absolute atomic E-state index is 12.5. The fraction of sp³-hybridized carbons (Fsp3) is 0.600. The first-order chi connectivity index (χ1) is 14.2. The van der Waals surface area contributed by atoms with Gasteiger partial charge in [0.1, 0.15) is 24.6 Å². The molecule has 1 amide bonds. The van der Waals surface area contributed by atoms with Crippen molar-refractivity contribution >= 4 is 35.8 Å². The number of guanidine groups is 1. The minimum Gasteiger partial charge on any atom is -0.497 e. The van der Waals surface area contributed by atoms with E-state index in [1.165, 1.54) is 0 Å². The Morgan fingerprint density at radius 1 is 1.26 bits per heavy atom. The largest absolute Gasteiger partial charge is 0.497 e. The van der Waals surface area contributed by atoms with Crippen molar-refractivity contribution in [3.05, 3.63) is 23.8 Å². The third-order valence-electron chi connectivity index (χ3n) is 4.87. The van der Waals surface area contributed by atoms with Gasteiger partial charge in [0.05, 0.1) is 14.2 Å². The Labute approximate surface area is 198 Å². The number of halogens is 4. The van der Waals surface area contributed by atoms with Crippen molar-refractivity contribution in [3.8, 4) is 11.5 Å². The number of alkyl halides is 3. The molecule has 11 heteroatoms. The summed E-state index contributed by atoms with van der Waals surface area (Å²) >= 11 is 0. The van der Waals surface area contributed by atoms with Crippen molar-refractivity contribution in [1.82, 2.24) is 15.1 Å². The molecule has 1 heterocycles. The monoisotopic (exact) mass is 558 g/mol. The molecule has 1 atom stereocenters. The van der Waals surface area contributed by atoms with E-state index < -0.39 is 18.6 Å². The predicted octanol–water partition coefficient (Wildman–Crippen LogP) is 3.10. The first kappa shape index (κ1) is 27.1. The van der Waals surface area contributed by atoms with Crippen LogP contribution in [0.5, 0.6) is 11.5 Å². The Morgan fingerprint density at radius 3 is 2.39 bits per heavy atom. The average molecular weight is 558 g/mol. The van der Waals surface area contributed by atoms with Crippen molar-refractivity contribution in [1.29, 1.82) is 0 Å². The van der Waals surface area contributed by atoms with Gasteiger partial charge in [0, 0.05) is 38.7 Å². The van der Waals surface area contributed by atoms with Crippen LogP contribution in [0, 0.1) is 0 Å². The van der Waals surface area contributed by atoms with Crippen LogP contribution in [-0.2, 0) is 4.79 Å². The number of aliphatic imine (C=N–C) groups is 1. The quantitative estimate of drug-likeness (QED) is 0.317. The second-order valence-corrected chi connectivity index (χ2v) is 7.11. The third kappa shape index (κ3) is 8.26. The molecule has 1 unspecified atom stereocenters. The van der Waals surface area contributed by atoms with Crippen molar-refractivity contribution in [2.24, 2.45) is 4.99 Å². The third-order valence-corrected chi connectivity index (χ3v) is 4.87. The highest BCUT2D eigenvalue weighted by Gasteiger charge is 2.31. The molecule has 31 heavy (non-hydrogen) atoms. The molecule has 1 N–H and O–H groups in total. The zero-order chi connectivity index (χ0) is 22.3. The molecule has 0 aromatic heterocycles. The molecule has 1 aromatic rings. The minimum absolute atomic E-state index is 0. The van der Waals surface area contributed by atoms with Gasteiger partial charge in [-0.25, -0.2) is 4.99 Å². The molecule has 0 aliphatic carbocycles. The average Bonchev–Trinajstić information content (AvgIpc) is 3.19. The topological polar surface area (TPSA) is 66.4 Å². The summed E-state index contributed by atoms with van der Waals surface area (Å²) in [6.07, 6.45) is -3.57. The lowest BCUT2D eigenvalue weighted by atomic mass is 9.98. The fourth-order valence-corrected chi connectivity index (χ4v) is 3.34. The van der Waals surface area contributed by atoms with Gasteiger partial charge in [-0.15, -0.1) is 24.0 Å². The van der Waals surface area contributed by atoms with Gasteiger partial charge in [0.2, 0.25) is 5.91 Å². The van der Waals surface area contributed by atoms with E-state index >= 15 is 0 Å². The van der Waals surface area contributed by atoms with E-state index in [2.05, 4.69) is 10.3 Å². The van der Waals surface area contributed by atoms with Crippen LogP contribution in [0.15, 0.2) is 23.2 Å². The van der Waals surface area contributed by atoms with Gasteiger partial charge in [-0.2, -0.15) is 13.2 Å². The number of amides is 1. The van der Waals surface area contributed by atoms with Gasteiger partial charge >= 0.3 is 6.18 Å². The first-order valence-electron chi connectivity index (χ1n) is 9.73. The molecule has 1 aromatic carbocycles. The molecule has 7 nitrogen and oxygen atoms in total. The standard InChI is InChI=1S/C20H29F3N4O3.HI/c1-5-24-19(25-11-18(28)26(2)13-20(21,22)23)27-7-6-14(12-27)15-8-16(29-3)10-17(9-15)30-4;/h8-10,14H,5-7,11-13H2,1-4H3,(H,24,25);1H. The lowest BCUT2D eigenvalue weighted by Crippen LogP contribution is -2.41. The van der Waals surface area contributed by atoms with E-state index in [4.69, 9.17) is 9.47 Å². The second kappa shape index (κ2) is 12.2. The highest BCUT2D eigenvalue weighted by Crippen LogP contribution is 2.32. The van der Waals surface area contributed by atoms with E-state index in [9.17, 15) is 18.0 Å². The van der Waals surface area contributed by atoms with Crippen LogP contribution in [-0.4, -0.2) is 81.8 Å². The number of nitrogens with zero attached hydrogens (tertiary/aromatic N) is 3. The zero-order valence-corrected chi connectivity index (χ0v) is 20.5. The number of likely N-dealkylation sites (tertiary alicyclic amines) is 1. The summed E-state index contributed by atoms with van der Waals surface area (Å²) in [5.74, 6) is 1.46. The van der Waals surface area contributed by atoms with E-state index in [1.54, 1.807) is 14.2 Å². The smallest absolute Gasteiger partial charge is 0.406 e. The van der Waals surface area contributed by atoms with Crippen molar-refractivity contribution < 1.29 is 27.4 Å². The van der Waals surface area contributed by atoms with Crippen LogP contribution in [0.25, 0.3) is 0 Å². The summed E-state index contributed by atoms with van der Waals surface area (Å²) in [7, 11) is 4.32. The molecule has 0 saturated carbocycles. The number of ether oxygens (including phenoxy) is 2. The molecular formula is C20H30F3IN4O3. The highest BCUT2D eigenvalue weighted by atomic mass is 127. The second-order valence-electron chi connectivity index (χ2n) is 7.11. The zero-order valence-electron chi connectivity index (χ0n) is 18.2. The Bertz CT molecular complexity index is 739. The number of carbonyl (C=O) groups excluding carboxylic acids is 1. The highest BCUT2D eigenvalue weighted by molar-refractivity contribution is 14.0. The number of benzene rings is 1. The van der Waals surface area contributed by atoms with Crippen molar-refractivity contribution in [3.63, 3.8) is 0 Å². The van der Waals surface area contributed by atoms with Gasteiger partial charge < -0.3 is 24.6 Å². The molecule has 2 rings (SSSR count). The molecule has 1 saturated heterocycles. The number of carbonyl (C=O) groups is 1. The van der Waals surface area contributed by atoms with Gasteiger partial charge in [-0.05, 0) is 31.0 Å². The molecule has 1 fully saturated rings. The number of hydrogen-bond donors (Lipinski definition) is 1. The summed E-state index contributed by atoms with van der Waals surface area (Å²) in [6.45, 7) is 2.22. The summed E-state index contributed by atoms with van der Waals surface area (Å²) in [6, 6.07) is 5.75. The summed E-state index contributed by atoms with van der Waals surface area (Å²) in [5.41, 5.74) is 1.07. The number of rotatable bonds is 7. The number of methoxy groups -OCH3 is 2. The predicted molar refractivity (Wildman–Crippen MR) is 124 cm³/mol. The molecule has 0 spiro atoms. The molecule has 176 valence electrons. The lowest BCUT2D eigenvalue weighted by Gasteiger charge is -2.23. The van der Waals surface area contributed by atoms with Crippen molar-refractivity contribution in [2.45, 2.75) is 25.4 Å². The fourth-order valence-electron chi connectivity index (χ4n) is 3.34. The molecule has 0 radical (unpaired) electrons. The molecule has 1 aliphatic heterocycles. The van der Waals surface area contributed by atoms with Crippen LogP contribution < -0.4 is 14.8 Å². The molecule has 0 bridgehead atoms. The summed E-state index contributed by atoms with van der Waals surface area (Å²) < 4.78 is 48.1. The van der Waals surface area contributed by atoms with E-state index in [1.807, 2.05) is 30.0 Å². The van der Waals surface area contributed by atoms with Crippen molar-refractivity contribution in [2.75, 3.05) is 54.0 Å². The van der Waals surface area contributed by atoms with Gasteiger partial charge in [0.15, 0.2) is 5.96 Å². The Hall–Kier alpha value is -1.92. The molecule has 1 aliphatic rings. The van der Waals surface area contributed by atoms with Crippen LogP contribution in [0.2, 0.25) is 0 Å². The molecular weight excluding hydrogens is 528 g/mol. The Balaban J connectivity index is 0.00000480. The SMILES string of the molecule is CCNC(=NCC(=O)N(C)CC(F)(F)F)N1CCC(c2cc(OC)cc(OC)c2)C1.I. The van der Waals surface area contributed by atoms with Gasteiger partial charge in [0.25, 0.3) is 0 Å². The number of nitrogens with one attached hydrogen (secondary N) is 1. The number of likely N-dealkylation sites (N-methyl/N-ethyl adjacent to an activating group) is 1. The maximum Gasteiger partial charge on any atom is 0.406 e. The lowest BCUT2D eigenvalue weighted by molar-refractivity contribution is -0.157. The normalized spacial score (nSPS) is 16.5. The van der Waals surface area contributed by atoms with Crippen LogP contribution in [0.4, 0.5) is 13.2 Å². The first-order valence-corrected chi connectivity index (χ1v) is 9.73. The summed E-state index contributed by atoms with van der Waals surface area (Å²) in [5, 5.41) is 3.12. The van der Waals surface area contributed by atoms with Gasteiger partial charge in [-0.3, -0.25) is 4.79 Å². The Morgan fingerprint density at radius 2 is 1.87 bits per heavy atom. The van der Waals surface area contributed by atoms with Crippen LogP contribution in [0.1, 0.15) is 24.8 Å². The minimum atomic E-state index is -4.43. The van der Waals surface area contributed by atoms with E-state index in [0.717, 1.165) is 19.0 Å². The van der Waals surface area contributed by atoms with E-state index in [-0.39, 0.29) is 36.4 Å². The van der Waals surface area contributed by atoms with E-state index in [0.29, 0.717) is 42.0 Å². The number of hydrogen-bond acceptors (Lipinski definition) is 4. The van der Waals surface area contributed by atoms with Gasteiger partial charge in [-0.1, -0.05) is 0 Å². The maximum atomic E-state index is 12.5. The van der Waals surface area contributed by atoms with Crippen LogP contribution >= 0.6 is 24.0 Å². The van der Waals surface area contributed by atoms with Crippen LogP contribution in [0.3, 0.4) is 0 Å². The summed E-state index contributed by atoms with van der Waals surface area (Å²) in [4.78, 5) is 18.9. The Kier molecular flexibility index (Phi) is 10.7.